The lowest BCUT2D eigenvalue weighted by Crippen LogP contribution is -2.13. The van der Waals surface area contributed by atoms with Crippen LogP contribution in [0.2, 0.25) is 0 Å². The van der Waals surface area contributed by atoms with E-state index in [1.165, 1.54) is 6.92 Å². The van der Waals surface area contributed by atoms with Gasteiger partial charge in [-0.2, -0.15) is 0 Å². The molecule has 3 aromatic rings. The Hall–Kier alpha value is -3.08. The van der Waals surface area contributed by atoms with Gasteiger partial charge in [0.2, 0.25) is 5.91 Å². The summed E-state index contributed by atoms with van der Waals surface area (Å²) in [6.45, 7) is 1.43. The Bertz CT molecular complexity index is 852. The quantitative estimate of drug-likeness (QED) is 0.692. The maximum atomic E-state index is 12.3. The van der Waals surface area contributed by atoms with Crippen LogP contribution in [0.1, 0.15) is 17.3 Å². The number of aromatic amines is 1. The van der Waals surface area contributed by atoms with Gasteiger partial charge in [0.15, 0.2) is 0 Å². The molecule has 3 rings (SSSR count). The summed E-state index contributed by atoms with van der Waals surface area (Å²) >= 11 is 0. The standard InChI is InChI=1S/C17H15N3O2/c1-11(21)19-14-4-2-3-13(10-14)17(22)20-15-5-6-16-12(9-15)7-8-18-16/h2-10,18H,1H3,(H,19,21)(H,20,22). The summed E-state index contributed by atoms with van der Waals surface area (Å²) in [5.74, 6) is -0.391. The highest BCUT2D eigenvalue weighted by molar-refractivity contribution is 6.06. The predicted molar refractivity (Wildman–Crippen MR) is 87.0 cm³/mol. The zero-order valence-electron chi connectivity index (χ0n) is 12.0. The highest BCUT2D eigenvalue weighted by atomic mass is 16.2. The number of carbonyl (C=O) groups excluding carboxylic acids is 2. The lowest BCUT2D eigenvalue weighted by molar-refractivity contribution is -0.114. The third-order valence-electron chi connectivity index (χ3n) is 3.26. The smallest absolute Gasteiger partial charge is 0.255 e. The second-order valence-corrected chi connectivity index (χ2v) is 5.00. The Morgan fingerprint density at radius 2 is 1.77 bits per heavy atom. The Balaban J connectivity index is 1.80. The Morgan fingerprint density at radius 3 is 2.59 bits per heavy atom. The van der Waals surface area contributed by atoms with Crippen LogP contribution in [0.25, 0.3) is 10.9 Å². The molecule has 5 heteroatoms. The normalized spacial score (nSPS) is 10.4. The van der Waals surface area contributed by atoms with Gasteiger partial charge in [-0.3, -0.25) is 9.59 Å². The number of carbonyl (C=O) groups is 2. The first-order chi connectivity index (χ1) is 10.6. The predicted octanol–water partition coefficient (Wildman–Crippen LogP) is 3.38. The molecule has 0 fully saturated rings. The van der Waals surface area contributed by atoms with E-state index in [1.54, 1.807) is 24.3 Å². The molecular formula is C17H15N3O2. The van der Waals surface area contributed by atoms with Gasteiger partial charge in [0, 0.05) is 41.0 Å². The zero-order chi connectivity index (χ0) is 15.5. The van der Waals surface area contributed by atoms with E-state index < -0.39 is 0 Å². The second kappa shape index (κ2) is 5.73. The highest BCUT2D eigenvalue weighted by Crippen LogP contribution is 2.19. The van der Waals surface area contributed by atoms with Crippen molar-refractivity contribution < 1.29 is 9.59 Å². The number of benzene rings is 2. The third-order valence-corrected chi connectivity index (χ3v) is 3.26. The van der Waals surface area contributed by atoms with Gasteiger partial charge in [0.1, 0.15) is 0 Å². The van der Waals surface area contributed by atoms with E-state index >= 15 is 0 Å². The summed E-state index contributed by atoms with van der Waals surface area (Å²) in [6.07, 6.45) is 1.85. The first-order valence-electron chi connectivity index (χ1n) is 6.88. The number of H-pyrrole nitrogens is 1. The molecule has 2 amide bonds. The molecule has 0 aliphatic heterocycles. The van der Waals surface area contributed by atoms with E-state index in [2.05, 4.69) is 15.6 Å². The van der Waals surface area contributed by atoms with Crippen LogP contribution in [0.5, 0.6) is 0 Å². The molecule has 0 bridgehead atoms. The molecule has 110 valence electrons. The molecular weight excluding hydrogens is 278 g/mol. The van der Waals surface area contributed by atoms with E-state index in [9.17, 15) is 9.59 Å². The Kier molecular flexibility index (Phi) is 3.62. The molecule has 5 nitrogen and oxygen atoms in total. The SMILES string of the molecule is CC(=O)Nc1cccc(C(=O)Nc2ccc3[nH]ccc3c2)c1. The number of rotatable bonds is 3. The number of aromatic nitrogens is 1. The van der Waals surface area contributed by atoms with Gasteiger partial charge in [-0.05, 0) is 42.5 Å². The van der Waals surface area contributed by atoms with Gasteiger partial charge in [-0.1, -0.05) is 6.07 Å². The van der Waals surface area contributed by atoms with E-state index in [0.29, 0.717) is 11.3 Å². The van der Waals surface area contributed by atoms with Crippen LogP contribution in [0, 0.1) is 0 Å². The van der Waals surface area contributed by atoms with Crippen molar-refractivity contribution in [3.63, 3.8) is 0 Å². The van der Waals surface area contributed by atoms with E-state index in [4.69, 9.17) is 0 Å². The fourth-order valence-electron chi connectivity index (χ4n) is 2.28. The molecule has 22 heavy (non-hydrogen) atoms. The van der Waals surface area contributed by atoms with Crippen LogP contribution in [0.4, 0.5) is 11.4 Å². The minimum Gasteiger partial charge on any atom is -0.361 e. The molecule has 0 aliphatic carbocycles. The summed E-state index contributed by atoms with van der Waals surface area (Å²) in [7, 11) is 0. The highest BCUT2D eigenvalue weighted by Gasteiger charge is 2.08. The lowest BCUT2D eigenvalue weighted by Gasteiger charge is -2.07. The van der Waals surface area contributed by atoms with E-state index in [-0.39, 0.29) is 11.8 Å². The summed E-state index contributed by atoms with van der Waals surface area (Å²) in [5, 5.41) is 6.55. The number of nitrogens with one attached hydrogen (secondary N) is 3. The molecule has 3 N–H and O–H groups in total. The third kappa shape index (κ3) is 2.98. The van der Waals surface area contributed by atoms with Crippen molar-refractivity contribution in [1.29, 1.82) is 0 Å². The van der Waals surface area contributed by atoms with Gasteiger partial charge in [-0.15, -0.1) is 0 Å². The molecule has 1 aromatic heterocycles. The van der Waals surface area contributed by atoms with Crippen molar-refractivity contribution in [3.8, 4) is 0 Å². The van der Waals surface area contributed by atoms with E-state index in [0.717, 1.165) is 16.6 Å². The summed E-state index contributed by atoms with van der Waals surface area (Å²) in [4.78, 5) is 26.5. The Labute approximate surface area is 127 Å². The molecule has 0 saturated carbocycles. The van der Waals surface area contributed by atoms with Crippen LogP contribution >= 0.6 is 0 Å². The van der Waals surface area contributed by atoms with Crippen molar-refractivity contribution in [2.24, 2.45) is 0 Å². The van der Waals surface area contributed by atoms with Crippen molar-refractivity contribution in [2.45, 2.75) is 6.92 Å². The summed E-state index contributed by atoms with van der Waals surface area (Å²) in [5.41, 5.74) is 2.83. The minimum absolute atomic E-state index is 0.171. The zero-order valence-corrected chi connectivity index (χ0v) is 12.0. The lowest BCUT2D eigenvalue weighted by atomic mass is 10.1. The van der Waals surface area contributed by atoms with Crippen LogP contribution in [-0.2, 0) is 4.79 Å². The maximum absolute atomic E-state index is 12.3. The van der Waals surface area contributed by atoms with Crippen LogP contribution in [-0.4, -0.2) is 16.8 Å². The molecule has 0 aliphatic rings. The van der Waals surface area contributed by atoms with E-state index in [1.807, 2.05) is 30.5 Å². The average molecular weight is 293 g/mol. The van der Waals surface area contributed by atoms with Crippen LogP contribution < -0.4 is 10.6 Å². The summed E-state index contributed by atoms with van der Waals surface area (Å²) < 4.78 is 0. The van der Waals surface area contributed by atoms with Crippen molar-refractivity contribution in [2.75, 3.05) is 10.6 Å². The van der Waals surface area contributed by atoms with Crippen molar-refractivity contribution in [3.05, 3.63) is 60.3 Å². The number of hydrogen-bond donors (Lipinski definition) is 3. The fourth-order valence-corrected chi connectivity index (χ4v) is 2.28. The minimum atomic E-state index is -0.220. The van der Waals surface area contributed by atoms with Crippen molar-refractivity contribution in [1.82, 2.24) is 4.98 Å². The fraction of sp³-hybridized carbons (Fsp3) is 0.0588. The summed E-state index contributed by atoms with van der Waals surface area (Å²) in [6, 6.07) is 14.4. The molecule has 0 saturated heterocycles. The van der Waals surface area contributed by atoms with Gasteiger partial charge in [0.05, 0.1) is 0 Å². The van der Waals surface area contributed by atoms with Crippen LogP contribution in [0.3, 0.4) is 0 Å². The van der Waals surface area contributed by atoms with Gasteiger partial charge >= 0.3 is 0 Å². The van der Waals surface area contributed by atoms with Gasteiger partial charge < -0.3 is 15.6 Å². The molecule has 2 aromatic carbocycles. The average Bonchev–Trinajstić information content (AvgIpc) is 2.94. The number of anilines is 2. The monoisotopic (exact) mass is 293 g/mol. The number of amides is 2. The number of fused-ring (bicyclic) bond motifs is 1. The topological polar surface area (TPSA) is 74.0 Å². The Morgan fingerprint density at radius 1 is 0.955 bits per heavy atom. The largest absolute Gasteiger partial charge is 0.361 e. The molecule has 1 heterocycles. The number of hydrogen-bond acceptors (Lipinski definition) is 2. The van der Waals surface area contributed by atoms with Gasteiger partial charge in [0.25, 0.3) is 5.91 Å². The first kappa shape index (κ1) is 13.9. The second-order valence-electron chi connectivity index (χ2n) is 5.00. The van der Waals surface area contributed by atoms with Crippen LogP contribution in [0.15, 0.2) is 54.7 Å². The molecule has 0 radical (unpaired) electrons. The maximum Gasteiger partial charge on any atom is 0.255 e. The van der Waals surface area contributed by atoms with Gasteiger partial charge in [-0.25, -0.2) is 0 Å². The first-order valence-corrected chi connectivity index (χ1v) is 6.88. The molecule has 0 atom stereocenters. The molecule has 0 unspecified atom stereocenters. The molecule has 0 spiro atoms. The van der Waals surface area contributed by atoms with Crippen molar-refractivity contribution >= 4 is 34.1 Å².